The zero-order valence-corrected chi connectivity index (χ0v) is 16.2. The molecule has 1 aromatic rings. The van der Waals surface area contributed by atoms with Crippen LogP contribution in [0.15, 0.2) is 34.1 Å². The lowest BCUT2D eigenvalue weighted by Gasteiger charge is -2.29. The fourth-order valence-corrected chi connectivity index (χ4v) is 6.27. The van der Waals surface area contributed by atoms with Crippen molar-refractivity contribution >= 4 is 20.0 Å². The first kappa shape index (κ1) is 18.8. The van der Waals surface area contributed by atoms with Gasteiger partial charge in [-0.3, -0.25) is 0 Å². The molecule has 2 aliphatic rings. The van der Waals surface area contributed by atoms with Crippen molar-refractivity contribution in [2.45, 2.75) is 61.3 Å². The van der Waals surface area contributed by atoms with Gasteiger partial charge in [-0.15, -0.1) is 0 Å². The summed E-state index contributed by atoms with van der Waals surface area (Å²) in [4.78, 5) is 0.271. The number of nitrogens with zero attached hydrogens (tertiary/aromatic N) is 1. The maximum absolute atomic E-state index is 12.7. The van der Waals surface area contributed by atoms with E-state index in [2.05, 4.69) is 11.6 Å². The van der Waals surface area contributed by atoms with Crippen molar-refractivity contribution in [2.75, 3.05) is 13.1 Å². The van der Waals surface area contributed by atoms with Crippen LogP contribution in [0.25, 0.3) is 0 Å². The van der Waals surface area contributed by atoms with Crippen molar-refractivity contribution in [1.82, 2.24) is 9.03 Å². The first-order valence-electron chi connectivity index (χ1n) is 8.91. The number of hydrogen-bond acceptors (Lipinski definition) is 4. The van der Waals surface area contributed by atoms with Crippen molar-refractivity contribution < 1.29 is 16.8 Å². The number of sulfonamides is 2. The molecule has 25 heavy (non-hydrogen) atoms. The molecule has 1 saturated carbocycles. The van der Waals surface area contributed by atoms with E-state index in [9.17, 15) is 16.8 Å². The second-order valence-electron chi connectivity index (χ2n) is 7.16. The zero-order chi connectivity index (χ0) is 18.1. The largest absolute Gasteiger partial charge is 0.243 e. The number of hydrogen-bond donors (Lipinski definition) is 1. The Balaban J connectivity index is 1.75. The highest BCUT2D eigenvalue weighted by Gasteiger charge is 2.29. The SMILES string of the molecule is CC1CCN(S(=O)(=O)c2ccc(S(=O)(=O)NC3CCCC3)cc2)CC1. The Bertz CT molecular complexity index is 790. The monoisotopic (exact) mass is 386 g/mol. The average Bonchev–Trinajstić information content (AvgIpc) is 3.07. The van der Waals surface area contributed by atoms with Gasteiger partial charge in [0.25, 0.3) is 0 Å². The first-order valence-corrected chi connectivity index (χ1v) is 11.8. The van der Waals surface area contributed by atoms with Gasteiger partial charge in [-0.05, 0) is 55.9 Å². The molecule has 0 amide bonds. The topological polar surface area (TPSA) is 83.6 Å². The molecule has 1 aliphatic heterocycles. The molecule has 0 atom stereocenters. The maximum atomic E-state index is 12.7. The molecule has 1 N–H and O–H groups in total. The number of benzene rings is 1. The Kier molecular flexibility index (Phi) is 5.53. The van der Waals surface area contributed by atoms with Crippen molar-refractivity contribution in [3.05, 3.63) is 24.3 Å². The average molecular weight is 387 g/mol. The lowest BCUT2D eigenvalue weighted by Crippen LogP contribution is -2.37. The van der Waals surface area contributed by atoms with E-state index >= 15 is 0 Å². The molecule has 0 spiro atoms. The quantitative estimate of drug-likeness (QED) is 0.842. The van der Waals surface area contributed by atoms with E-state index in [0.717, 1.165) is 38.5 Å². The highest BCUT2D eigenvalue weighted by Crippen LogP contribution is 2.25. The van der Waals surface area contributed by atoms with Crippen molar-refractivity contribution in [3.8, 4) is 0 Å². The van der Waals surface area contributed by atoms with E-state index in [1.54, 1.807) is 0 Å². The third-order valence-corrected chi connectivity index (χ3v) is 8.64. The van der Waals surface area contributed by atoms with Crippen LogP contribution in [-0.2, 0) is 20.0 Å². The molecule has 0 radical (unpaired) electrons. The smallest absolute Gasteiger partial charge is 0.208 e. The Morgan fingerprint density at radius 3 is 1.96 bits per heavy atom. The molecule has 6 nitrogen and oxygen atoms in total. The summed E-state index contributed by atoms with van der Waals surface area (Å²) in [7, 11) is -7.15. The minimum absolute atomic E-state index is 0.0104. The molecule has 0 bridgehead atoms. The Morgan fingerprint density at radius 2 is 1.40 bits per heavy atom. The highest BCUT2D eigenvalue weighted by atomic mass is 32.2. The number of nitrogens with one attached hydrogen (secondary N) is 1. The van der Waals surface area contributed by atoms with Gasteiger partial charge in [0.05, 0.1) is 9.79 Å². The van der Waals surface area contributed by atoms with Crippen LogP contribution < -0.4 is 4.72 Å². The van der Waals surface area contributed by atoms with E-state index in [1.165, 1.54) is 28.6 Å². The minimum Gasteiger partial charge on any atom is -0.208 e. The summed E-state index contributed by atoms with van der Waals surface area (Å²) in [5.41, 5.74) is 0. The molecule has 3 rings (SSSR count). The first-order chi connectivity index (χ1) is 11.8. The van der Waals surface area contributed by atoms with Crippen LogP contribution in [0, 0.1) is 5.92 Å². The van der Waals surface area contributed by atoms with Gasteiger partial charge in [0.15, 0.2) is 0 Å². The molecule has 1 aromatic carbocycles. The molecule has 1 aliphatic carbocycles. The summed E-state index contributed by atoms with van der Waals surface area (Å²) < 4.78 is 54.4. The van der Waals surface area contributed by atoms with Crippen LogP contribution in [0.2, 0.25) is 0 Å². The van der Waals surface area contributed by atoms with E-state index in [0.29, 0.717) is 19.0 Å². The standard InChI is InChI=1S/C17H26N2O4S2/c1-14-10-12-19(13-11-14)25(22,23)17-8-6-16(7-9-17)24(20,21)18-15-4-2-3-5-15/h6-9,14-15,18H,2-5,10-13H2,1H3. The summed E-state index contributed by atoms with van der Waals surface area (Å²) in [5, 5.41) is 0. The van der Waals surface area contributed by atoms with Crippen LogP contribution in [0.1, 0.15) is 45.4 Å². The Labute approximate surface area is 150 Å². The van der Waals surface area contributed by atoms with Gasteiger partial charge < -0.3 is 0 Å². The number of rotatable bonds is 5. The van der Waals surface area contributed by atoms with E-state index < -0.39 is 20.0 Å². The van der Waals surface area contributed by atoms with Gasteiger partial charge in [0.2, 0.25) is 20.0 Å². The van der Waals surface area contributed by atoms with E-state index in [1.807, 2.05) is 0 Å². The third-order valence-electron chi connectivity index (χ3n) is 5.19. The van der Waals surface area contributed by atoms with Crippen molar-refractivity contribution in [1.29, 1.82) is 0 Å². The van der Waals surface area contributed by atoms with Gasteiger partial charge in [0.1, 0.15) is 0 Å². The summed E-state index contributed by atoms with van der Waals surface area (Å²) in [5.74, 6) is 0.542. The third kappa shape index (κ3) is 4.24. The molecule has 0 aromatic heterocycles. The van der Waals surface area contributed by atoms with Gasteiger partial charge in [-0.25, -0.2) is 21.6 Å². The second-order valence-corrected chi connectivity index (χ2v) is 10.8. The van der Waals surface area contributed by atoms with Crippen LogP contribution in [0.4, 0.5) is 0 Å². The lowest BCUT2D eigenvalue weighted by molar-refractivity contribution is 0.288. The van der Waals surface area contributed by atoms with Crippen LogP contribution in [-0.4, -0.2) is 40.3 Å². The molecular formula is C17H26N2O4S2. The molecule has 1 saturated heterocycles. The summed E-state index contributed by atoms with van der Waals surface area (Å²) in [6.45, 7) is 3.17. The highest BCUT2D eigenvalue weighted by molar-refractivity contribution is 7.89. The molecule has 8 heteroatoms. The van der Waals surface area contributed by atoms with Gasteiger partial charge >= 0.3 is 0 Å². The summed E-state index contributed by atoms with van der Waals surface area (Å²) in [6, 6.07) is 5.56. The molecule has 140 valence electrons. The van der Waals surface area contributed by atoms with Gasteiger partial charge in [0, 0.05) is 19.1 Å². The lowest BCUT2D eigenvalue weighted by atomic mass is 10.0. The fraction of sp³-hybridized carbons (Fsp3) is 0.647. The van der Waals surface area contributed by atoms with Crippen LogP contribution in [0.5, 0.6) is 0 Å². The zero-order valence-electron chi connectivity index (χ0n) is 14.5. The Hall–Kier alpha value is -0.960. The predicted octanol–water partition coefficient (Wildman–Crippen LogP) is 2.33. The molecular weight excluding hydrogens is 360 g/mol. The predicted molar refractivity (Wildman–Crippen MR) is 96.2 cm³/mol. The Morgan fingerprint density at radius 1 is 0.880 bits per heavy atom. The minimum atomic E-state index is -3.60. The van der Waals surface area contributed by atoms with E-state index in [4.69, 9.17) is 0 Å². The van der Waals surface area contributed by atoms with Crippen molar-refractivity contribution in [2.24, 2.45) is 5.92 Å². The molecule has 1 heterocycles. The second kappa shape index (κ2) is 7.34. The molecule has 2 fully saturated rings. The number of piperidine rings is 1. The van der Waals surface area contributed by atoms with Gasteiger partial charge in [-0.1, -0.05) is 19.8 Å². The maximum Gasteiger partial charge on any atom is 0.243 e. The van der Waals surface area contributed by atoms with Crippen LogP contribution in [0.3, 0.4) is 0 Å². The van der Waals surface area contributed by atoms with Gasteiger partial charge in [-0.2, -0.15) is 4.31 Å². The van der Waals surface area contributed by atoms with Crippen molar-refractivity contribution in [3.63, 3.8) is 0 Å². The normalized spacial score (nSPS) is 21.6. The summed E-state index contributed by atoms with van der Waals surface area (Å²) >= 11 is 0. The molecule has 0 unspecified atom stereocenters. The van der Waals surface area contributed by atoms with Crippen LogP contribution >= 0.6 is 0 Å². The fourth-order valence-electron chi connectivity index (χ4n) is 3.50. The summed E-state index contributed by atoms with van der Waals surface area (Å²) in [6.07, 6.45) is 5.52. The van der Waals surface area contributed by atoms with E-state index in [-0.39, 0.29) is 15.8 Å².